The Kier molecular flexibility index (Phi) is 13.4. The number of nitrogens with zero attached hydrogens (tertiary/aromatic N) is 1. The number of ketones is 1. The average Bonchev–Trinajstić information content (AvgIpc) is 3.03. The van der Waals surface area contributed by atoms with Crippen LogP contribution in [0.2, 0.25) is 0 Å². The average molecular weight is 611 g/mol. The number of carbonyl (C=O) groups is 5. The minimum Gasteiger partial charge on any atom is -0.465 e. The number of amides is 3. The summed E-state index contributed by atoms with van der Waals surface area (Å²) in [5.74, 6) is -4.17. The Morgan fingerprint density at radius 2 is 1.68 bits per heavy atom. The number of hydrogen-bond donors (Lipinski definition) is 3. The standard InChI is InChI=1S/C31H38N4O9/c1-2-44-27(36)18-32-31(40)28(37)26(20-43-19-22-12-7-4-8-13-22)34-30(39)25(16-21-10-5-3-6-11-21)33-29(38)23-14-9-15-24(17-23)35(41)42/h4,7-9,12-15,17,21,25-26H,2-3,5-6,10-11,16,18-20H2,1H3,(H,32,40)(H,33,38)(H,34,39)/t25-,26?/m0/s1. The first-order valence-corrected chi connectivity index (χ1v) is 14.6. The number of rotatable bonds is 16. The van der Waals surface area contributed by atoms with Crippen LogP contribution in [0.15, 0.2) is 54.6 Å². The minimum atomic E-state index is -1.43. The third-order valence-electron chi connectivity index (χ3n) is 7.19. The molecule has 0 aromatic heterocycles. The number of nitrogens with one attached hydrogen (secondary N) is 3. The molecule has 0 bridgehead atoms. The van der Waals surface area contributed by atoms with Gasteiger partial charge in [0.05, 0.1) is 24.7 Å². The maximum Gasteiger partial charge on any atom is 0.325 e. The highest BCUT2D eigenvalue weighted by atomic mass is 16.6. The second kappa shape index (κ2) is 17.5. The molecule has 13 heteroatoms. The van der Waals surface area contributed by atoms with Crippen LogP contribution in [0.25, 0.3) is 0 Å². The first kappa shape index (κ1) is 33.8. The molecule has 2 aromatic rings. The van der Waals surface area contributed by atoms with Gasteiger partial charge in [0.15, 0.2) is 0 Å². The zero-order valence-electron chi connectivity index (χ0n) is 24.6. The Morgan fingerprint density at radius 1 is 0.955 bits per heavy atom. The van der Waals surface area contributed by atoms with Crippen molar-refractivity contribution in [1.29, 1.82) is 0 Å². The summed E-state index contributed by atoms with van der Waals surface area (Å²) < 4.78 is 10.4. The largest absolute Gasteiger partial charge is 0.465 e. The Bertz CT molecular complexity index is 1310. The molecule has 13 nitrogen and oxygen atoms in total. The third-order valence-corrected chi connectivity index (χ3v) is 7.19. The summed E-state index contributed by atoms with van der Waals surface area (Å²) in [5.41, 5.74) is 0.523. The zero-order chi connectivity index (χ0) is 31.9. The van der Waals surface area contributed by atoms with Gasteiger partial charge in [0.2, 0.25) is 11.7 Å². The van der Waals surface area contributed by atoms with Crippen LogP contribution in [0.4, 0.5) is 5.69 Å². The van der Waals surface area contributed by atoms with E-state index < -0.39 is 53.0 Å². The molecule has 236 valence electrons. The molecule has 0 saturated heterocycles. The molecule has 3 amide bonds. The van der Waals surface area contributed by atoms with Crippen LogP contribution in [0.1, 0.15) is 61.4 Å². The van der Waals surface area contributed by atoms with Crippen molar-refractivity contribution in [2.24, 2.45) is 5.92 Å². The monoisotopic (exact) mass is 610 g/mol. The molecule has 1 saturated carbocycles. The maximum absolute atomic E-state index is 13.6. The SMILES string of the molecule is CCOC(=O)CNC(=O)C(=O)C(COCc1ccccc1)NC(=O)[C@H](CC1CCCCC1)NC(=O)c1cccc([N+](=O)[O-])c1. The topological polar surface area (TPSA) is 183 Å². The van der Waals surface area contributed by atoms with Crippen LogP contribution in [0.5, 0.6) is 0 Å². The van der Waals surface area contributed by atoms with Gasteiger partial charge < -0.3 is 25.4 Å². The Hall–Kier alpha value is -4.65. The van der Waals surface area contributed by atoms with E-state index in [2.05, 4.69) is 16.0 Å². The van der Waals surface area contributed by atoms with Gasteiger partial charge >= 0.3 is 5.97 Å². The van der Waals surface area contributed by atoms with Crippen LogP contribution in [-0.4, -0.2) is 66.2 Å². The Balaban J connectivity index is 1.77. The number of carbonyl (C=O) groups excluding carboxylic acids is 5. The number of nitro groups is 1. The molecule has 0 heterocycles. The zero-order valence-corrected chi connectivity index (χ0v) is 24.6. The third kappa shape index (κ3) is 10.9. The minimum absolute atomic E-state index is 0.00203. The summed E-state index contributed by atoms with van der Waals surface area (Å²) in [6.45, 7) is 0.899. The van der Waals surface area contributed by atoms with Crippen molar-refractivity contribution in [3.8, 4) is 0 Å². The lowest BCUT2D eigenvalue weighted by Crippen LogP contribution is -2.56. The summed E-state index contributed by atoms with van der Waals surface area (Å²) in [6.07, 6.45) is 5.02. The van der Waals surface area contributed by atoms with Gasteiger partial charge in [0.1, 0.15) is 18.6 Å². The van der Waals surface area contributed by atoms with E-state index in [0.29, 0.717) is 0 Å². The van der Waals surface area contributed by atoms with Crippen molar-refractivity contribution in [2.75, 3.05) is 19.8 Å². The molecule has 1 aliphatic carbocycles. The van der Waals surface area contributed by atoms with E-state index in [1.54, 1.807) is 6.92 Å². The van der Waals surface area contributed by atoms with E-state index in [9.17, 15) is 34.1 Å². The van der Waals surface area contributed by atoms with Crippen molar-refractivity contribution in [3.63, 3.8) is 0 Å². The smallest absolute Gasteiger partial charge is 0.325 e. The van der Waals surface area contributed by atoms with Gasteiger partial charge in [-0.1, -0.05) is 68.5 Å². The lowest BCUT2D eigenvalue weighted by atomic mass is 9.84. The van der Waals surface area contributed by atoms with Crippen LogP contribution in [-0.2, 0) is 35.3 Å². The quantitative estimate of drug-likeness (QED) is 0.111. The molecule has 1 aliphatic rings. The van der Waals surface area contributed by atoms with Gasteiger partial charge in [0, 0.05) is 17.7 Å². The summed E-state index contributed by atoms with van der Waals surface area (Å²) in [5, 5.41) is 18.6. The van der Waals surface area contributed by atoms with Gasteiger partial charge in [0.25, 0.3) is 17.5 Å². The lowest BCUT2D eigenvalue weighted by molar-refractivity contribution is -0.384. The van der Waals surface area contributed by atoms with Crippen LogP contribution >= 0.6 is 0 Å². The number of Topliss-reactive ketones (excluding diaryl/α,β-unsaturated/α-hetero) is 1. The van der Waals surface area contributed by atoms with Crippen LogP contribution in [0.3, 0.4) is 0 Å². The predicted octanol–water partition coefficient (Wildman–Crippen LogP) is 2.61. The maximum atomic E-state index is 13.6. The highest BCUT2D eigenvalue weighted by Crippen LogP contribution is 2.27. The van der Waals surface area contributed by atoms with Gasteiger partial charge in [-0.2, -0.15) is 0 Å². The number of ether oxygens (including phenoxy) is 2. The Labute approximate surface area is 255 Å². The fraction of sp³-hybridized carbons (Fsp3) is 0.452. The number of benzene rings is 2. The predicted molar refractivity (Wildman–Crippen MR) is 158 cm³/mol. The summed E-state index contributed by atoms with van der Waals surface area (Å²) in [7, 11) is 0. The molecule has 2 atom stereocenters. The van der Waals surface area contributed by atoms with Gasteiger partial charge in [-0.25, -0.2) is 0 Å². The lowest BCUT2D eigenvalue weighted by Gasteiger charge is -2.28. The molecule has 3 N–H and O–H groups in total. The first-order chi connectivity index (χ1) is 21.2. The van der Waals surface area contributed by atoms with Crippen molar-refractivity contribution < 1.29 is 38.4 Å². The molecule has 1 unspecified atom stereocenters. The van der Waals surface area contributed by atoms with Crippen molar-refractivity contribution >= 4 is 35.2 Å². The van der Waals surface area contributed by atoms with Crippen LogP contribution in [0, 0.1) is 16.0 Å². The van der Waals surface area contributed by atoms with E-state index in [1.807, 2.05) is 30.3 Å². The molecule has 0 aliphatic heterocycles. The van der Waals surface area contributed by atoms with Crippen molar-refractivity contribution in [3.05, 3.63) is 75.8 Å². The molecule has 1 fully saturated rings. The molecule has 2 aromatic carbocycles. The second-order valence-corrected chi connectivity index (χ2v) is 10.5. The number of non-ortho nitro benzene ring substituents is 1. The first-order valence-electron chi connectivity index (χ1n) is 14.6. The Morgan fingerprint density at radius 3 is 2.36 bits per heavy atom. The number of esters is 1. The van der Waals surface area contributed by atoms with Gasteiger partial charge in [-0.15, -0.1) is 0 Å². The molecule has 0 spiro atoms. The summed E-state index contributed by atoms with van der Waals surface area (Å²) in [6, 6.07) is 11.7. The van der Waals surface area contributed by atoms with Gasteiger partial charge in [-0.05, 0) is 30.9 Å². The van der Waals surface area contributed by atoms with Gasteiger partial charge in [-0.3, -0.25) is 34.1 Å². The molecule has 44 heavy (non-hydrogen) atoms. The fourth-order valence-electron chi connectivity index (χ4n) is 4.92. The fourth-order valence-corrected chi connectivity index (χ4v) is 4.92. The van der Waals surface area contributed by atoms with E-state index >= 15 is 0 Å². The van der Waals surface area contributed by atoms with E-state index in [4.69, 9.17) is 9.47 Å². The second-order valence-electron chi connectivity index (χ2n) is 10.5. The summed E-state index contributed by atoms with van der Waals surface area (Å²) >= 11 is 0. The number of nitro benzene ring substituents is 1. The van der Waals surface area contributed by atoms with E-state index in [-0.39, 0.29) is 43.4 Å². The molecule has 3 rings (SSSR count). The molecule has 0 radical (unpaired) electrons. The highest BCUT2D eigenvalue weighted by Gasteiger charge is 2.32. The van der Waals surface area contributed by atoms with E-state index in [0.717, 1.165) is 43.7 Å². The van der Waals surface area contributed by atoms with Crippen LogP contribution < -0.4 is 16.0 Å². The molecular formula is C31H38N4O9. The molecular weight excluding hydrogens is 572 g/mol. The van der Waals surface area contributed by atoms with Crippen molar-refractivity contribution in [2.45, 2.75) is 64.1 Å². The van der Waals surface area contributed by atoms with E-state index in [1.165, 1.54) is 18.2 Å². The normalized spacial score (nSPS) is 14.5. The highest BCUT2D eigenvalue weighted by molar-refractivity contribution is 6.38. The summed E-state index contributed by atoms with van der Waals surface area (Å²) in [4.78, 5) is 74.8. The number of hydrogen-bond acceptors (Lipinski definition) is 9. The van der Waals surface area contributed by atoms with Crippen molar-refractivity contribution in [1.82, 2.24) is 16.0 Å².